The molecule has 1 N–H and O–H groups in total. The number of pyridine rings is 1. The highest BCUT2D eigenvalue weighted by Gasteiger charge is 2.13. The molecule has 0 radical (unpaired) electrons. The Hall–Kier alpha value is -1.87. The molecule has 3 nitrogen and oxygen atoms in total. The number of rotatable bonds is 5. The van der Waals surface area contributed by atoms with Crippen LogP contribution in [0.15, 0.2) is 42.7 Å². The maximum Gasteiger partial charge on any atom is 0.146 e. The predicted molar refractivity (Wildman–Crippen MR) is 86.8 cm³/mol. The Morgan fingerprint density at radius 2 is 1.76 bits per heavy atom. The fourth-order valence-corrected chi connectivity index (χ4v) is 2.04. The van der Waals surface area contributed by atoms with Gasteiger partial charge in [-0.05, 0) is 41.3 Å². The molecular formula is C18H24N2O. The predicted octanol–water partition coefficient (Wildman–Crippen LogP) is 4.28. The highest BCUT2D eigenvalue weighted by atomic mass is 16.5. The van der Waals surface area contributed by atoms with Gasteiger partial charge in [-0.25, -0.2) is 0 Å². The molecule has 3 heteroatoms. The van der Waals surface area contributed by atoms with Gasteiger partial charge in [0.1, 0.15) is 11.5 Å². The highest BCUT2D eigenvalue weighted by Crippen LogP contribution is 2.26. The smallest absolute Gasteiger partial charge is 0.146 e. The molecular weight excluding hydrogens is 260 g/mol. The lowest BCUT2D eigenvalue weighted by molar-refractivity contribution is 0.478. The molecule has 21 heavy (non-hydrogen) atoms. The lowest BCUT2D eigenvalue weighted by Gasteiger charge is -2.19. The maximum atomic E-state index is 5.88. The summed E-state index contributed by atoms with van der Waals surface area (Å²) in [6, 6.07) is 10.3. The van der Waals surface area contributed by atoms with Crippen LogP contribution in [0, 0.1) is 0 Å². The molecule has 0 amide bonds. The van der Waals surface area contributed by atoms with E-state index < -0.39 is 0 Å². The molecule has 0 aliphatic carbocycles. The van der Waals surface area contributed by atoms with E-state index in [1.807, 2.05) is 24.4 Å². The van der Waals surface area contributed by atoms with Crippen molar-refractivity contribution in [3.8, 4) is 11.5 Å². The van der Waals surface area contributed by atoms with Crippen molar-refractivity contribution in [2.75, 3.05) is 6.54 Å². The number of nitrogens with zero attached hydrogens (tertiary/aromatic N) is 1. The van der Waals surface area contributed by atoms with Crippen LogP contribution in [0.4, 0.5) is 0 Å². The molecule has 1 heterocycles. The normalized spacial score (nSPS) is 11.4. The van der Waals surface area contributed by atoms with Crippen LogP contribution >= 0.6 is 0 Å². The molecule has 0 saturated carbocycles. The van der Waals surface area contributed by atoms with Gasteiger partial charge in [0.25, 0.3) is 0 Å². The van der Waals surface area contributed by atoms with Gasteiger partial charge in [0.2, 0.25) is 0 Å². The third kappa shape index (κ3) is 4.57. The van der Waals surface area contributed by atoms with Gasteiger partial charge in [0.15, 0.2) is 0 Å². The number of hydrogen-bond acceptors (Lipinski definition) is 3. The lowest BCUT2D eigenvalue weighted by atomic mass is 9.87. The zero-order valence-electron chi connectivity index (χ0n) is 13.3. The Labute approximate surface area is 127 Å². The SMILES string of the molecule is CCNCc1cncc(Oc2ccc(C(C)(C)C)cc2)c1. The second kappa shape index (κ2) is 6.72. The fourth-order valence-electron chi connectivity index (χ4n) is 2.04. The molecule has 0 saturated heterocycles. The van der Waals surface area contributed by atoms with Crippen molar-refractivity contribution < 1.29 is 4.74 Å². The Morgan fingerprint density at radius 1 is 1.05 bits per heavy atom. The largest absolute Gasteiger partial charge is 0.456 e. The number of hydrogen-bond donors (Lipinski definition) is 1. The molecule has 0 atom stereocenters. The summed E-state index contributed by atoms with van der Waals surface area (Å²) in [5.74, 6) is 1.61. The van der Waals surface area contributed by atoms with E-state index in [1.165, 1.54) is 5.56 Å². The standard InChI is InChI=1S/C18H24N2O/c1-5-19-11-14-10-17(13-20-12-14)21-16-8-6-15(7-9-16)18(2,3)4/h6-10,12-13,19H,5,11H2,1-4H3. The third-order valence-electron chi connectivity index (χ3n) is 3.30. The van der Waals surface area contributed by atoms with Gasteiger partial charge in [-0.3, -0.25) is 4.98 Å². The van der Waals surface area contributed by atoms with E-state index in [-0.39, 0.29) is 5.41 Å². The average Bonchev–Trinajstić information content (AvgIpc) is 2.45. The number of ether oxygens (including phenoxy) is 1. The summed E-state index contributed by atoms with van der Waals surface area (Å²) < 4.78 is 5.88. The molecule has 1 aromatic carbocycles. The average molecular weight is 284 g/mol. The Morgan fingerprint density at radius 3 is 2.38 bits per heavy atom. The van der Waals surface area contributed by atoms with Crippen LogP contribution in [0.25, 0.3) is 0 Å². The van der Waals surface area contributed by atoms with Crippen LogP contribution in [-0.2, 0) is 12.0 Å². The second-order valence-corrected chi connectivity index (χ2v) is 6.19. The zero-order chi connectivity index (χ0) is 15.3. The van der Waals surface area contributed by atoms with Gasteiger partial charge >= 0.3 is 0 Å². The molecule has 1 aromatic heterocycles. The summed E-state index contributed by atoms with van der Waals surface area (Å²) in [5, 5.41) is 3.28. The molecule has 2 aromatic rings. The van der Waals surface area contributed by atoms with Crippen LogP contribution in [0.1, 0.15) is 38.8 Å². The summed E-state index contributed by atoms with van der Waals surface area (Å²) in [6.07, 6.45) is 3.60. The van der Waals surface area contributed by atoms with E-state index in [0.717, 1.165) is 30.2 Å². The van der Waals surface area contributed by atoms with Gasteiger partial charge in [-0.15, -0.1) is 0 Å². The summed E-state index contributed by atoms with van der Waals surface area (Å²) in [6.45, 7) is 10.5. The number of nitrogens with one attached hydrogen (secondary N) is 1. The van der Waals surface area contributed by atoms with Crippen LogP contribution in [0.2, 0.25) is 0 Å². The monoisotopic (exact) mass is 284 g/mol. The minimum absolute atomic E-state index is 0.159. The van der Waals surface area contributed by atoms with Crippen LogP contribution in [0.5, 0.6) is 11.5 Å². The maximum absolute atomic E-state index is 5.88. The Balaban J connectivity index is 2.07. The summed E-state index contributed by atoms with van der Waals surface area (Å²) >= 11 is 0. The second-order valence-electron chi connectivity index (χ2n) is 6.19. The first-order valence-electron chi connectivity index (χ1n) is 7.42. The zero-order valence-corrected chi connectivity index (χ0v) is 13.3. The number of benzene rings is 1. The first-order chi connectivity index (χ1) is 9.99. The van der Waals surface area contributed by atoms with Crippen LogP contribution in [0.3, 0.4) is 0 Å². The van der Waals surface area contributed by atoms with Crippen molar-refractivity contribution in [3.05, 3.63) is 53.9 Å². The minimum atomic E-state index is 0.159. The molecule has 0 spiro atoms. The van der Waals surface area contributed by atoms with Gasteiger partial charge in [-0.1, -0.05) is 39.8 Å². The van der Waals surface area contributed by atoms with E-state index in [9.17, 15) is 0 Å². The molecule has 0 unspecified atom stereocenters. The highest BCUT2D eigenvalue weighted by molar-refractivity contribution is 5.35. The third-order valence-corrected chi connectivity index (χ3v) is 3.30. The van der Waals surface area contributed by atoms with Crippen molar-refractivity contribution >= 4 is 0 Å². The first-order valence-corrected chi connectivity index (χ1v) is 7.42. The van der Waals surface area contributed by atoms with Crippen molar-refractivity contribution in [3.63, 3.8) is 0 Å². The molecule has 0 aliphatic heterocycles. The Kier molecular flexibility index (Phi) is 4.97. The van der Waals surface area contributed by atoms with Gasteiger partial charge < -0.3 is 10.1 Å². The molecule has 112 valence electrons. The van der Waals surface area contributed by atoms with Crippen molar-refractivity contribution in [1.82, 2.24) is 10.3 Å². The van der Waals surface area contributed by atoms with E-state index in [2.05, 4.69) is 50.1 Å². The minimum Gasteiger partial charge on any atom is -0.456 e. The summed E-state index contributed by atoms with van der Waals surface area (Å²) in [7, 11) is 0. The van der Waals surface area contributed by atoms with E-state index in [1.54, 1.807) is 6.20 Å². The van der Waals surface area contributed by atoms with Crippen molar-refractivity contribution in [1.29, 1.82) is 0 Å². The first kappa shape index (κ1) is 15.5. The molecule has 2 rings (SSSR count). The quantitative estimate of drug-likeness (QED) is 0.889. The van der Waals surface area contributed by atoms with Gasteiger partial charge in [0.05, 0.1) is 6.20 Å². The topological polar surface area (TPSA) is 34.2 Å². The van der Waals surface area contributed by atoms with Crippen molar-refractivity contribution in [2.24, 2.45) is 0 Å². The van der Waals surface area contributed by atoms with E-state index in [0.29, 0.717) is 0 Å². The Bertz CT molecular complexity index is 571. The van der Waals surface area contributed by atoms with Crippen LogP contribution in [-0.4, -0.2) is 11.5 Å². The fraction of sp³-hybridized carbons (Fsp3) is 0.389. The van der Waals surface area contributed by atoms with Crippen LogP contribution < -0.4 is 10.1 Å². The number of aromatic nitrogens is 1. The summed E-state index contributed by atoms with van der Waals surface area (Å²) in [5.41, 5.74) is 2.58. The van der Waals surface area contributed by atoms with Gasteiger partial charge in [0, 0.05) is 12.7 Å². The molecule has 0 aliphatic rings. The van der Waals surface area contributed by atoms with Crippen molar-refractivity contribution in [2.45, 2.75) is 39.7 Å². The molecule has 0 fully saturated rings. The molecule has 0 bridgehead atoms. The lowest BCUT2D eigenvalue weighted by Crippen LogP contribution is -2.11. The van der Waals surface area contributed by atoms with Gasteiger partial charge in [-0.2, -0.15) is 0 Å². The van der Waals surface area contributed by atoms with E-state index in [4.69, 9.17) is 4.74 Å². The summed E-state index contributed by atoms with van der Waals surface area (Å²) in [4.78, 5) is 4.23. The van der Waals surface area contributed by atoms with E-state index >= 15 is 0 Å².